The molecule has 0 aliphatic heterocycles. The number of urea groups is 1. The van der Waals surface area contributed by atoms with E-state index in [0.717, 1.165) is 49.0 Å². The fourth-order valence-corrected chi connectivity index (χ4v) is 3.69. The molecule has 1 fully saturated rings. The zero-order chi connectivity index (χ0) is 20.1. The summed E-state index contributed by atoms with van der Waals surface area (Å²) in [5.74, 6) is 0.174. The molecule has 0 spiro atoms. The summed E-state index contributed by atoms with van der Waals surface area (Å²) < 4.78 is 1.76. The number of carbonyl (C=O) groups is 2. The predicted octanol–water partition coefficient (Wildman–Crippen LogP) is 4.13. The molecule has 3 rings (SSSR count). The van der Waals surface area contributed by atoms with Gasteiger partial charge in [-0.15, -0.1) is 0 Å². The molecule has 0 saturated heterocycles. The summed E-state index contributed by atoms with van der Waals surface area (Å²) in [5, 5.41) is 13.0. The van der Waals surface area contributed by atoms with Crippen LogP contribution < -0.4 is 16.0 Å². The highest BCUT2D eigenvalue weighted by Gasteiger charge is 2.23. The first kappa shape index (κ1) is 19.9. The van der Waals surface area contributed by atoms with Crippen LogP contribution in [0, 0.1) is 12.8 Å². The number of anilines is 2. The molecular weight excluding hydrogens is 354 g/mol. The molecule has 3 amide bonds. The largest absolute Gasteiger partial charge is 0.330 e. The zero-order valence-corrected chi connectivity index (χ0v) is 16.8. The number of aromatic nitrogens is 2. The van der Waals surface area contributed by atoms with Crippen LogP contribution in [0.3, 0.4) is 0 Å². The normalized spacial score (nSPS) is 15.2. The molecule has 1 aromatic carbocycles. The minimum absolute atomic E-state index is 0.0736. The third-order valence-electron chi connectivity index (χ3n) is 5.41. The minimum atomic E-state index is -0.287. The number of nitrogens with one attached hydrogen (secondary N) is 3. The monoisotopic (exact) mass is 383 g/mol. The second-order valence-electron chi connectivity index (χ2n) is 7.44. The number of rotatable bonds is 6. The Balaban J connectivity index is 1.64. The Morgan fingerprint density at radius 3 is 2.61 bits per heavy atom. The molecule has 1 aromatic heterocycles. The second-order valence-corrected chi connectivity index (χ2v) is 7.44. The third-order valence-corrected chi connectivity index (χ3v) is 5.41. The van der Waals surface area contributed by atoms with Crippen LogP contribution in [0.1, 0.15) is 56.3 Å². The summed E-state index contributed by atoms with van der Waals surface area (Å²) in [7, 11) is 1.86. The molecule has 0 radical (unpaired) electrons. The van der Waals surface area contributed by atoms with E-state index in [1.54, 1.807) is 10.9 Å². The van der Waals surface area contributed by atoms with Crippen LogP contribution in [0.5, 0.6) is 0 Å². The lowest BCUT2D eigenvalue weighted by Crippen LogP contribution is -2.33. The molecule has 150 valence electrons. The Bertz CT molecular complexity index is 839. The van der Waals surface area contributed by atoms with Crippen molar-refractivity contribution in [3.63, 3.8) is 0 Å². The van der Waals surface area contributed by atoms with Crippen LogP contribution in [0.2, 0.25) is 0 Å². The molecular formula is C21H29N5O2. The number of nitrogens with zero attached hydrogens (tertiary/aromatic N) is 2. The Morgan fingerprint density at radius 2 is 1.96 bits per heavy atom. The van der Waals surface area contributed by atoms with Gasteiger partial charge in [-0.1, -0.05) is 25.8 Å². The summed E-state index contributed by atoms with van der Waals surface area (Å²) in [4.78, 5) is 24.9. The van der Waals surface area contributed by atoms with Crippen molar-refractivity contribution in [1.82, 2.24) is 15.1 Å². The molecule has 2 aromatic rings. The number of amides is 3. The summed E-state index contributed by atoms with van der Waals surface area (Å²) in [6, 6.07) is 7.04. The van der Waals surface area contributed by atoms with E-state index in [1.165, 1.54) is 0 Å². The highest BCUT2D eigenvalue weighted by molar-refractivity contribution is 5.95. The number of carbonyl (C=O) groups excluding carboxylic acids is 2. The van der Waals surface area contributed by atoms with Crippen molar-refractivity contribution in [2.45, 2.75) is 52.0 Å². The topological polar surface area (TPSA) is 88.1 Å². The van der Waals surface area contributed by atoms with Gasteiger partial charge in [-0.2, -0.15) is 5.10 Å². The number of benzene rings is 1. The molecule has 1 saturated carbocycles. The molecule has 0 bridgehead atoms. The van der Waals surface area contributed by atoms with E-state index >= 15 is 0 Å². The van der Waals surface area contributed by atoms with E-state index in [2.05, 4.69) is 21.0 Å². The zero-order valence-electron chi connectivity index (χ0n) is 16.8. The number of hydrogen-bond donors (Lipinski definition) is 3. The lowest BCUT2D eigenvalue weighted by molar-refractivity contribution is -0.119. The second kappa shape index (κ2) is 8.91. The van der Waals surface area contributed by atoms with Gasteiger partial charge >= 0.3 is 6.03 Å². The number of hydrogen-bond acceptors (Lipinski definition) is 3. The maximum atomic E-state index is 12.5. The van der Waals surface area contributed by atoms with E-state index in [4.69, 9.17) is 0 Å². The molecule has 1 aliphatic rings. The average Bonchev–Trinajstić information content (AvgIpc) is 3.34. The van der Waals surface area contributed by atoms with Crippen LogP contribution in [0.4, 0.5) is 16.2 Å². The van der Waals surface area contributed by atoms with Crippen LogP contribution in [0.15, 0.2) is 30.5 Å². The fraction of sp³-hybridized carbons (Fsp3) is 0.476. The van der Waals surface area contributed by atoms with Crippen molar-refractivity contribution in [2.75, 3.05) is 10.6 Å². The van der Waals surface area contributed by atoms with Crippen LogP contribution in [-0.2, 0) is 11.8 Å². The van der Waals surface area contributed by atoms with Gasteiger partial charge < -0.3 is 16.0 Å². The summed E-state index contributed by atoms with van der Waals surface area (Å²) in [5.41, 5.74) is 3.31. The van der Waals surface area contributed by atoms with E-state index in [9.17, 15) is 9.59 Å². The first-order valence-electron chi connectivity index (χ1n) is 9.95. The Labute approximate surface area is 165 Å². The van der Waals surface area contributed by atoms with Gasteiger partial charge in [-0.3, -0.25) is 9.48 Å². The SMILES string of the molecule is CC[C@@H](NC(=O)Nc1ccc(C)c(NC(=O)C2CCCC2)c1)c1ccnn1C. The van der Waals surface area contributed by atoms with Gasteiger partial charge in [0.1, 0.15) is 0 Å². The van der Waals surface area contributed by atoms with Gasteiger partial charge in [-0.25, -0.2) is 4.79 Å². The Morgan fingerprint density at radius 1 is 1.21 bits per heavy atom. The highest BCUT2D eigenvalue weighted by Crippen LogP contribution is 2.27. The van der Waals surface area contributed by atoms with Crippen molar-refractivity contribution in [2.24, 2.45) is 13.0 Å². The van der Waals surface area contributed by atoms with Gasteiger partial charge in [0.25, 0.3) is 0 Å². The molecule has 1 atom stereocenters. The van der Waals surface area contributed by atoms with Gasteiger partial charge in [0, 0.05) is 30.5 Å². The summed E-state index contributed by atoms with van der Waals surface area (Å²) in [6.45, 7) is 3.96. The van der Waals surface area contributed by atoms with Gasteiger partial charge in [0.05, 0.1) is 11.7 Å². The van der Waals surface area contributed by atoms with E-state index < -0.39 is 0 Å². The molecule has 28 heavy (non-hydrogen) atoms. The van der Waals surface area contributed by atoms with Crippen molar-refractivity contribution in [1.29, 1.82) is 0 Å². The maximum Gasteiger partial charge on any atom is 0.319 e. The molecule has 7 heteroatoms. The quantitative estimate of drug-likeness (QED) is 0.701. The minimum Gasteiger partial charge on any atom is -0.330 e. The highest BCUT2D eigenvalue weighted by atomic mass is 16.2. The van der Waals surface area contributed by atoms with Crippen molar-refractivity contribution >= 4 is 23.3 Å². The number of aryl methyl sites for hydroxylation is 2. The smallest absolute Gasteiger partial charge is 0.319 e. The Kier molecular flexibility index (Phi) is 6.34. The van der Waals surface area contributed by atoms with E-state index in [-0.39, 0.29) is 23.9 Å². The fourth-order valence-electron chi connectivity index (χ4n) is 3.69. The van der Waals surface area contributed by atoms with E-state index in [1.807, 2.05) is 45.2 Å². The molecule has 7 nitrogen and oxygen atoms in total. The van der Waals surface area contributed by atoms with Crippen molar-refractivity contribution < 1.29 is 9.59 Å². The first-order valence-corrected chi connectivity index (χ1v) is 9.95. The van der Waals surface area contributed by atoms with Crippen LogP contribution >= 0.6 is 0 Å². The summed E-state index contributed by atoms with van der Waals surface area (Å²) in [6.07, 6.45) is 6.62. The predicted molar refractivity (Wildman–Crippen MR) is 110 cm³/mol. The molecule has 3 N–H and O–H groups in total. The average molecular weight is 383 g/mol. The van der Waals surface area contributed by atoms with Gasteiger partial charge in [-0.05, 0) is 49.9 Å². The van der Waals surface area contributed by atoms with E-state index in [0.29, 0.717) is 5.69 Å². The van der Waals surface area contributed by atoms with Crippen LogP contribution in [-0.4, -0.2) is 21.7 Å². The maximum absolute atomic E-state index is 12.5. The summed E-state index contributed by atoms with van der Waals surface area (Å²) >= 11 is 0. The lowest BCUT2D eigenvalue weighted by atomic mass is 10.1. The molecule has 1 heterocycles. The van der Waals surface area contributed by atoms with Crippen LogP contribution in [0.25, 0.3) is 0 Å². The van der Waals surface area contributed by atoms with Crippen molar-refractivity contribution in [3.05, 3.63) is 41.7 Å². The molecule has 0 unspecified atom stereocenters. The lowest BCUT2D eigenvalue weighted by Gasteiger charge is -2.18. The van der Waals surface area contributed by atoms with Gasteiger partial charge in [0.15, 0.2) is 0 Å². The molecule has 1 aliphatic carbocycles. The first-order chi connectivity index (χ1) is 13.5. The van der Waals surface area contributed by atoms with Gasteiger partial charge in [0.2, 0.25) is 5.91 Å². The standard InChI is InChI=1S/C21H29N5O2/c1-4-17(19-11-12-22-26(19)3)25-21(28)23-16-10-9-14(2)18(13-16)24-20(27)15-7-5-6-8-15/h9-13,15,17H,4-8H2,1-3H3,(H,24,27)(H2,23,25,28)/t17-/m1/s1. The van der Waals surface area contributed by atoms with Crippen molar-refractivity contribution in [3.8, 4) is 0 Å². The third kappa shape index (κ3) is 4.71. The Hall–Kier alpha value is -2.83.